The molecule has 0 aromatic carbocycles. The first-order valence-electron chi connectivity index (χ1n) is 4.66. The summed E-state index contributed by atoms with van der Waals surface area (Å²) in [5.74, 6) is 0. The fraction of sp³-hybridized carbons (Fsp3) is 1.00. The minimum Gasteiger partial charge on any atom is -0.333 e. The third kappa shape index (κ3) is 3.82. The summed E-state index contributed by atoms with van der Waals surface area (Å²) in [6.07, 6.45) is 0. The van der Waals surface area contributed by atoms with Crippen molar-refractivity contribution in [2.45, 2.75) is 26.4 Å². The van der Waals surface area contributed by atoms with E-state index in [1.54, 1.807) is 0 Å². The molecule has 0 saturated heterocycles. The zero-order valence-corrected chi connectivity index (χ0v) is 12.0. The summed E-state index contributed by atoms with van der Waals surface area (Å²) in [7, 11) is 0.813. The first-order chi connectivity index (χ1) is 5.74. The predicted molar refractivity (Wildman–Crippen MR) is 56.1 cm³/mol. The molecule has 0 saturated carbocycles. The number of rotatable bonds is 7. The highest BCUT2D eigenvalue weighted by Gasteiger charge is 2.29. The van der Waals surface area contributed by atoms with Gasteiger partial charge in [0, 0.05) is 29.6 Å². The molecule has 0 aliphatic heterocycles. The minimum atomic E-state index is -0.607. The van der Waals surface area contributed by atoms with E-state index in [2.05, 4.69) is 0 Å². The van der Waals surface area contributed by atoms with Gasteiger partial charge in [-0.2, -0.15) is 0 Å². The Morgan fingerprint density at radius 1 is 1.00 bits per heavy atom. The van der Waals surface area contributed by atoms with Crippen molar-refractivity contribution in [1.29, 1.82) is 0 Å². The van der Waals surface area contributed by atoms with Gasteiger partial charge in [0.15, 0.2) is 0 Å². The van der Waals surface area contributed by atoms with E-state index in [0.29, 0.717) is 19.8 Å². The van der Waals surface area contributed by atoms with E-state index < -0.39 is 5.60 Å². The van der Waals surface area contributed by atoms with E-state index >= 15 is 0 Å². The lowest BCUT2D eigenvalue weighted by molar-refractivity contribution is -0.321. The maximum absolute atomic E-state index is 5.51. The molecule has 74 valence electrons. The second kappa shape index (κ2) is 6.79. The molecule has 0 aromatic rings. The lowest BCUT2D eigenvalue weighted by Crippen LogP contribution is -2.45. The molecule has 0 aromatic heterocycles. The van der Waals surface area contributed by atoms with Crippen LogP contribution in [-0.4, -0.2) is 44.2 Å². The molecule has 0 bridgehead atoms. The summed E-state index contributed by atoms with van der Waals surface area (Å²) in [6.45, 7) is 7.90. The molecule has 0 spiro atoms. The highest BCUT2D eigenvalue weighted by atomic mass is 29.1. The van der Waals surface area contributed by atoms with Gasteiger partial charge in [-0.3, -0.25) is 0 Å². The lowest BCUT2D eigenvalue weighted by Gasteiger charge is -2.31. The van der Waals surface area contributed by atoms with Crippen LogP contribution in [0.25, 0.3) is 0 Å². The largest absolute Gasteiger partial charge is 0.333 e. The van der Waals surface area contributed by atoms with Crippen LogP contribution in [0.5, 0.6) is 0 Å². The summed E-state index contributed by atoms with van der Waals surface area (Å²) in [6, 6.07) is 0. The van der Waals surface area contributed by atoms with Crippen molar-refractivity contribution >= 4 is 18.8 Å². The van der Waals surface area contributed by atoms with Crippen molar-refractivity contribution < 1.29 is 14.2 Å². The minimum absolute atomic E-state index is 0.340. The third-order valence-corrected chi connectivity index (χ3v) is 5.60. The lowest BCUT2D eigenvalue weighted by atomic mass is 10.8. The molecule has 0 aliphatic rings. The molecular formula is C7H20O3Si2. The Morgan fingerprint density at radius 3 is 1.50 bits per heavy atom. The average molecular weight is 208 g/mol. The number of hydrogen-bond acceptors (Lipinski definition) is 3. The monoisotopic (exact) mass is 208 g/mol. The van der Waals surface area contributed by atoms with E-state index in [9.17, 15) is 0 Å². The third-order valence-electron chi connectivity index (χ3n) is 1.53. The molecule has 0 atom stereocenters. The summed E-state index contributed by atoms with van der Waals surface area (Å²) in [5.41, 5.74) is -0.607. The molecule has 0 radical (unpaired) electrons. The van der Waals surface area contributed by atoms with E-state index in [0.717, 1.165) is 9.76 Å². The van der Waals surface area contributed by atoms with Gasteiger partial charge in [0.1, 0.15) is 9.04 Å². The molecule has 0 rings (SSSR count). The van der Waals surface area contributed by atoms with E-state index in [-0.39, 0.29) is 9.04 Å². The van der Waals surface area contributed by atoms with E-state index in [4.69, 9.17) is 14.2 Å². The van der Waals surface area contributed by atoms with Crippen molar-refractivity contribution in [3.8, 4) is 0 Å². The fourth-order valence-electron chi connectivity index (χ4n) is 1.09. The van der Waals surface area contributed by atoms with Crippen LogP contribution in [0, 0.1) is 0 Å². The van der Waals surface area contributed by atoms with Crippen LogP contribution >= 0.6 is 0 Å². The molecule has 0 N–H and O–H groups in total. The summed E-state index contributed by atoms with van der Waals surface area (Å²) in [4.78, 5) is 0. The smallest absolute Gasteiger partial charge is 0.245 e. The van der Waals surface area contributed by atoms with E-state index in [1.165, 1.54) is 0 Å². The highest BCUT2D eigenvalue weighted by molar-refractivity contribution is 6.90. The maximum atomic E-state index is 5.51. The van der Waals surface area contributed by atoms with Gasteiger partial charge in [0.2, 0.25) is 5.60 Å². The molecule has 12 heavy (non-hydrogen) atoms. The number of ether oxygens (including phenoxy) is 3. The summed E-state index contributed by atoms with van der Waals surface area (Å²) in [5, 5.41) is 0. The SMILES string of the molecule is CCOC(OCC)(OCC)[SiH2][SiH3]. The predicted octanol–water partition coefficient (Wildman–Crippen LogP) is -0.844. The standard InChI is InChI=1S/C7H20O3Si2/c1-4-8-7(12-11,9-5-2)10-6-3/h4-6,12H2,1-3,11H3. The van der Waals surface area contributed by atoms with Gasteiger partial charge in [0.25, 0.3) is 0 Å². The van der Waals surface area contributed by atoms with Crippen LogP contribution in [0.15, 0.2) is 0 Å². The normalized spacial score (nSPS) is 13.2. The topological polar surface area (TPSA) is 27.7 Å². The van der Waals surface area contributed by atoms with Crippen molar-refractivity contribution in [2.24, 2.45) is 0 Å². The second-order valence-corrected chi connectivity index (χ2v) is 6.03. The van der Waals surface area contributed by atoms with Crippen molar-refractivity contribution in [1.82, 2.24) is 0 Å². The van der Waals surface area contributed by atoms with Crippen molar-refractivity contribution in [3.63, 3.8) is 0 Å². The van der Waals surface area contributed by atoms with Gasteiger partial charge in [-0.25, -0.2) is 0 Å². The Balaban J connectivity index is 4.06. The van der Waals surface area contributed by atoms with Crippen LogP contribution < -0.4 is 0 Å². The van der Waals surface area contributed by atoms with Gasteiger partial charge in [0.05, 0.1) is 0 Å². The van der Waals surface area contributed by atoms with Crippen LogP contribution in [0.3, 0.4) is 0 Å². The molecular weight excluding hydrogens is 188 g/mol. The molecule has 0 aliphatic carbocycles. The highest BCUT2D eigenvalue weighted by Crippen LogP contribution is 2.12. The van der Waals surface area contributed by atoms with Crippen LogP contribution in [0.2, 0.25) is 0 Å². The van der Waals surface area contributed by atoms with E-state index in [1.807, 2.05) is 20.8 Å². The Kier molecular flexibility index (Phi) is 6.97. The average Bonchev–Trinajstić information content (AvgIpc) is 2.06. The van der Waals surface area contributed by atoms with Crippen LogP contribution in [0.1, 0.15) is 20.8 Å². The Bertz CT molecular complexity index is 93.8. The first-order valence-corrected chi connectivity index (χ1v) is 11.0. The van der Waals surface area contributed by atoms with Gasteiger partial charge in [-0.15, -0.1) is 0 Å². The Hall–Kier alpha value is 0.314. The molecule has 3 nitrogen and oxygen atoms in total. The quantitative estimate of drug-likeness (QED) is 0.403. The van der Waals surface area contributed by atoms with Gasteiger partial charge < -0.3 is 14.2 Å². The van der Waals surface area contributed by atoms with Crippen LogP contribution in [-0.2, 0) is 14.2 Å². The second-order valence-electron chi connectivity index (χ2n) is 2.34. The fourth-order valence-corrected chi connectivity index (χ4v) is 4.15. The zero-order valence-electron chi connectivity index (χ0n) is 8.55. The van der Waals surface area contributed by atoms with Gasteiger partial charge in [-0.1, -0.05) is 0 Å². The summed E-state index contributed by atoms with van der Waals surface area (Å²) >= 11 is 0. The van der Waals surface area contributed by atoms with Gasteiger partial charge >= 0.3 is 0 Å². The van der Waals surface area contributed by atoms with Crippen LogP contribution in [0.4, 0.5) is 0 Å². The molecule has 0 heterocycles. The number of hydrogen-bond donors (Lipinski definition) is 0. The Labute approximate surface area is 79.8 Å². The van der Waals surface area contributed by atoms with Gasteiger partial charge in [-0.05, 0) is 20.8 Å². The molecule has 0 fully saturated rings. The zero-order chi connectivity index (χ0) is 9.45. The van der Waals surface area contributed by atoms with Crippen molar-refractivity contribution in [3.05, 3.63) is 0 Å². The molecule has 0 unspecified atom stereocenters. The maximum Gasteiger partial charge on any atom is 0.245 e. The van der Waals surface area contributed by atoms with Crippen molar-refractivity contribution in [2.75, 3.05) is 19.8 Å². The molecule has 0 amide bonds. The first kappa shape index (κ1) is 12.3. The summed E-state index contributed by atoms with van der Waals surface area (Å²) < 4.78 is 16.5. The Morgan fingerprint density at radius 2 is 1.33 bits per heavy atom. The molecule has 5 heteroatoms.